The number of nitrogens with one attached hydrogen (secondary N) is 1. The molecule has 1 aliphatic heterocycles. The molecule has 1 aromatic carbocycles. The first-order chi connectivity index (χ1) is 6.66. The largest absolute Gasteiger partial charge is 0.399 e. The number of fused-ring (bicyclic) bond motifs is 1. The molecule has 1 heterocycles. The molecule has 0 fully saturated rings. The van der Waals surface area contributed by atoms with E-state index < -0.39 is 0 Å². The third-order valence-corrected chi connectivity index (χ3v) is 2.69. The van der Waals surface area contributed by atoms with Crippen LogP contribution in [0.4, 0.5) is 11.4 Å². The Balaban J connectivity index is 2.46. The molecule has 0 saturated carbocycles. The summed E-state index contributed by atoms with van der Waals surface area (Å²) in [6.07, 6.45) is 1.48. The van der Waals surface area contributed by atoms with Crippen LogP contribution < -0.4 is 11.1 Å². The number of benzene rings is 1. The number of amides is 1. The zero-order chi connectivity index (χ0) is 10.1. The maximum absolute atomic E-state index is 11.3. The SMILES string of the molecule is CC1CCC(=O)Nc2ccc(N)cc21. The van der Waals surface area contributed by atoms with Gasteiger partial charge in [0.05, 0.1) is 0 Å². The Labute approximate surface area is 83.3 Å². The van der Waals surface area contributed by atoms with E-state index in [-0.39, 0.29) is 5.91 Å². The molecular weight excluding hydrogens is 176 g/mol. The number of nitrogens with two attached hydrogens (primary N) is 1. The lowest BCUT2D eigenvalue weighted by Crippen LogP contribution is -2.09. The second-order valence-corrected chi connectivity index (χ2v) is 3.83. The highest BCUT2D eigenvalue weighted by Gasteiger charge is 2.18. The minimum Gasteiger partial charge on any atom is -0.399 e. The molecule has 0 spiro atoms. The van der Waals surface area contributed by atoms with Crippen LogP contribution in [0.3, 0.4) is 0 Å². The van der Waals surface area contributed by atoms with E-state index in [4.69, 9.17) is 5.73 Å². The molecule has 2 rings (SSSR count). The fourth-order valence-electron chi connectivity index (χ4n) is 1.82. The number of carbonyl (C=O) groups is 1. The minimum atomic E-state index is 0.0976. The van der Waals surface area contributed by atoms with E-state index in [1.165, 1.54) is 0 Å². The van der Waals surface area contributed by atoms with Gasteiger partial charge in [0.25, 0.3) is 0 Å². The standard InChI is InChI=1S/C11H14N2O/c1-7-2-5-11(14)13-10-4-3-8(12)6-9(7)10/h3-4,6-7H,2,5,12H2,1H3,(H,13,14). The molecule has 1 amide bonds. The number of rotatable bonds is 0. The van der Waals surface area contributed by atoms with Crippen molar-refractivity contribution in [2.75, 3.05) is 11.1 Å². The summed E-state index contributed by atoms with van der Waals surface area (Å²) in [7, 11) is 0. The van der Waals surface area contributed by atoms with Gasteiger partial charge in [0.1, 0.15) is 0 Å². The van der Waals surface area contributed by atoms with Crippen molar-refractivity contribution >= 4 is 17.3 Å². The summed E-state index contributed by atoms with van der Waals surface area (Å²) in [5, 5.41) is 2.89. The molecule has 74 valence electrons. The lowest BCUT2D eigenvalue weighted by molar-refractivity contribution is -0.116. The van der Waals surface area contributed by atoms with Gasteiger partial charge in [-0.05, 0) is 36.1 Å². The average molecular weight is 190 g/mol. The van der Waals surface area contributed by atoms with Crippen LogP contribution in [0.15, 0.2) is 18.2 Å². The van der Waals surface area contributed by atoms with Crippen LogP contribution in [0.25, 0.3) is 0 Å². The smallest absolute Gasteiger partial charge is 0.224 e. The Morgan fingerprint density at radius 3 is 3.07 bits per heavy atom. The average Bonchev–Trinajstić information content (AvgIpc) is 2.29. The Kier molecular flexibility index (Phi) is 2.15. The van der Waals surface area contributed by atoms with Gasteiger partial charge in [-0.3, -0.25) is 4.79 Å². The van der Waals surface area contributed by atoms with Gasteiger partial charge in [-0.1, -0.05) is 6.92 Å². The van der Waals surface area contributed by atoms with Crippen LogP contribution in [0, 0.1) is 0 Å². The molecular formula is C11H14N2O. The van der Waals surface area contributed by atoms with E-state index in [9.17, 15) is 4.79 Å². The van der Waals surface area contributed by atoms with Crippen LogP contribution in [-0.2, 0) is 4.79 Å². The number of hydrogen-bond acceptors (Lipinski definition) is 2. The molecule has 0 bridgehead atoms. The zero-order valence-electron chi connectivity index (χ0n) is 8.21. The van der Waals surface area contributed by atoms with Gasteiger partial charge >= 0.3 is 0 Å². The Hall–Kier alpha value is -1.51. The predicted octanol–water partition coefficient (Wildman–Crippen LogP) is 2.10. The fraction of sp³-hybridized carbons (Fsp3) is 0.364. The van der Waals surface area contributed by atoms with Crippen molar-refractivity contribution in [2.45, 2.75) is 25.7 Å². The first kappa shape index (κ1) is 9.06. The maximum Gasteiger partial charge on any atom is 0.224 e. The quantitative estimate of drug-likeness (QED) is 0.615. The molecule has 1 aliphatic rings. The molecule has 1 unspecified atom stereocenters. The van der Waals surface area contributed by atoms with Crippen LogP contribution in [0.2, 0.25) is 0 Å². The van der Waals surface area contributed by atoms with Gasteiger partial charge in [0.15, 0.2) is 0 Å². The summed E-state index contributed by atoms with van der Waals surface area (Å²) < 4.78 is 0. The van der Waals surface area contributed by atoms with E-state index in [0.717, 1.165) is 23.4 Å². The van der Waals surface area contributed by atoms with Gasteiger partial charge in [-0.25, -0.2) is 0 Å². The molecule has 1 aromatic rings. The van der Waals surface area contributed by atoms with Crippen molar-refractivity contribution in [3.8, 4) is 0 Å². The second kappa shape index (κ2) is 3.33. The van der Waals surface area contributed by atoms with Crippen LogP contribution in [0.5, 0.6) is 0 Å². The lowest BCUT2D eigenvalue weighted by atomic mass is 9.96. The number of carbonyl (C=O) groups excluding carboxylic acids is 1. The Morgan fingerprint density at radius 1 is 1.50 bits per heavy atom. The summed E-state index contributed by atoms with van der Waals surface area (Å²) in [6.45, 7) is 2.12. The number of nitrogen functional groups attached to an aromatic ring is 1. The van der Waals surface area contributed by atoms with Crippen molar-refractivity contribution in [3.05, 3.63) is 23.8 Å². The van der Waals surface area contributed by atoms with E-state index in [1.807, 2.05) is 18.2 Å². The summed E-state index contributed by atoms with van der Waals surface area (Å²) in [4.78, 5) is 11.3. The van der Waals surface area contributed by atoms with Crippen LogP contribution in [-0.4, -0.2) is 5.91 Å². The van der Waals surface area contributed by atoms with Gasteiger partial charge in [0.2, 0.25) is 5.91 Å². The van der Waals surface area contributed by atoms with E-state index in [2.05, 4.69) is 12.2 Å². The molecule has 1 atom stereocenters. The molecule has 0 saturated heterocycles. The summed E-state index contributed by atoms with van der Waals surface area (Å²) in [5.41, 5.74) is 8.53. The minimum absolute atomic E-state index is 0.0976. The summed E-state index contributed by atoms with van der Waals surface area (Å²) in [6, 6.07) is 5.65. The zero-order valence-corrected chi connectivity index (χ0v) is 8.21. The highest BCUT2D eigenvalue weighted by atomic mass is 16.1. The highest BCUT2D eigenvalue weighted by molar-refractivity contribution is 5.92. The van der Waals surface area contributed by atoms with Gasteiger partial charge in [0, 0.05) is 17.8 Å². The van der Waals surface area contributed by atoms with Gasteiger partial charge in [-0.2, -0.15) is 0 Å². The summed E-state index contributed by atoms with van der Waals surface area (Å²) in [5.74, 6) is 0.493. The van der Waals surface area contributed by atoms with Gasteiger partial charge in [-0.15, -0.1) is 0 Å². The molecule has 0 aromatic heterocycles. The normalized spacial score (nSPS) is 20.9. The molecule has 3 heteroatoms. The summed E-state index contributed by atoms with van der Waals surface area (Å²) >= 11 is 0. The van der Waals surface area contributed by atoms with Crippen LogP contribution >= 0.6 is 0 Å². The van der Waals surface area contributed by atoms with E-state index in [1.54, 1.807) is 0 Å². The first-order valence-corrected chi connectivity index (χ1v) is 4.86. The highest BCUT2D eigenvalue weighted by Crippen LogP contribution is 2.32. The monoisotopic (exact) mass is 190 g/mol. The molecule has 3 N–H and O–H groups in total. The Bertz CT molecular complexity index is 374. The molecule has 14 heavy (non-hydrogen) atoms. The number of hydrogen-bond donors (Lipinski definition) is 2. The first-order valence-electron chi connectivity index (χ1n) is 4.86. The molecule has 3 nitrogen and oxygen atoms in total. The predicted molar refractivity (Wildman–Crippen MR) is 57.1 cm³/mol. The second-order valence-electron chi connectivity index (χ2n) is 3.83. The van der Waals surface area contributed by atoms with Crippen molar-refractivity contribution in [1.82, 2.24) is 0 Å². The number of anilines is 2. The van der Waals surface area contributed by atoms with E-state index >= 15 is 0 Å². The van der Waals surface area contributed by atoms with Crippen molar-refractivity contribution in [1.29, 1.82) is 0 Å². The molecule has 0 aliphatic carbocycles. The third-order valence-electron chi connectivity index (χ3n) is 2.69. The van der Waals surface area contributed by atoms with Crippen LogP contribution in [0.1, 0.15) is 31.2 Å². The maximum atomic E-state index is 11.3. The van der Waals surface area contributed by atoms with Crippen molar-refractivity contribution in [3.63, 3.8) is 0 Å². The Morgan fingerprint density at radius 2 is 2.29 bits per heavy atom. The fourth-order valence-corrected chi connectivity index (χ4v) is 1.82. The lowest BCUT2D eigenvalue weighted by Gasteiger charge is -2.12. The third kappa shape index (κ3) is 1.58. The topological polar surface area (TPSA) is 55.1 Å². The molecule has 0 radical (unpaired) electrons. The van der Waals surface area contributed by atoms with Gasteiger partial charge < -0.3 is 11.1 Å². The van der Waals surface area contributed by atoms with Crippen molar-refractivity contribution in [2.24, 2.45) is 0 Å². The van der Waals surface area contributed by atoms with E-state index in [0.29, 0.717) is 12.3 Å². The van der Waals surface area contributed by atoms with Crippen molar-refractivity contribution < 1.29 is 4.79 Å².